The SMILES string of the molecule is CC(C)(C)NC1CCN(c2ncnc3ccc(-c4cncc(NS(=O)(=O)c5ccc(F)cc5F)c4)cc23)C1.O=CO. The van der Waals surface area contributed by atoms with Crippen LogP contribution in [0.3, 0.4) is 0 Å². The Morgan fingerprint density at radius 3 is 2.51 bits per heavy atom. The minimum atomic E-state index is -4.29. The van der Waals surface area contributed by atoms with E-state index >= 15 is 0 Å². The standard InChI is InChI=1S/C27H28F2N6O2S.CH2O2/c1-27(2,3)33-20-8-9-35(15-20)26-22-11-17(4-6-24(22)31-16-32-26)18-10-21(14-30-13-18)34-38(36,37)25-7-5-19(28)12-23(25)29;2-1-3/h4-7,10-14,16,20,33-34H,8-9,15H2,1-3H3;1H,(H,2,3). The Hall–Kier alpha value is -4.23. The molecule has 1 unspecified atom stereocenters. The maximum atomic E-state index is 14.1. The van der Waals surface area contributed by atoms with Gasteiger partial charge in [-0.1, -0.05) is 6.07 Å². The van der Waals surface area contributed by atoms with Crippen molar-refractivity contribution in [2.45, 2.75) is 43.7 Å². The predicted octanol–water partition coefficient (Wildman–Crippen LogP) is 4.44. The summed E-state index contributed by atoms with van der Waals surface area (Å²) in [6.07, 6.45) is 5.50. The van der Waals surface area contributed by atoms with Gasteiger partial charge in [0, 0.05) is 47.9 Å². The summed E-state index contributed by atoms with van der Waals surface area (Å²) in [7, 11) is -4.29. The number of sulfonamides is 1. The van der Waals surface area contributed by atoms with Gasteiger partial charge < -0.3 is 15.3 Å². The summed E-state index contributed by atoms with van der Waals surface area (Å²) in [5, 5.41) is 11.4. The summed E-state index contributed by atoms with van der Waals surface area (Å²) in [6, 6.07) is 9.99. The highest BCUT2D eigenvalue weighted by atomic mass is 32.2. The number of fused-ring (bicyclic) bond motifs is 1. The van der Waals surface area contributed by atoms with Gasteiger partial charge in [-0.3, -0.25) is 14.5 Å². The molecule has 1 saturated heterocycles. The van der Waals surface area contributed by atoms with Crippen molar-refractivity contribution in [3.8, 4) is 11.1 Å². The lowest BCUT2D eigenvalue weighted by molar-refractivity contribution is -0.122. The van der Waals surface area contributed by atoms with Crippen LogP contribution in [0.5, 0.6) is 0 Å². The number of pyridine rings is 1. The van der Waals surface area contributed by atoms with E-state index in [2.05, 4.69) is 50.7 Å². The highest BCUT2D eigenvalue weighted by Crippen LogP contribution is 2.31. The number of halogens is 2. The van der Waals surface area contributed by atoms with E-state index in [4.69, 9.17) is 9.90 Å². The first-order valence-electron chi connectivity index (χ1n) is 12.7. The molecule has 0 spiro atoms. The van der Waals surface area contributed by atoms with Gasteiger partial charge in [-0.2, -0.15) is 0 Å². The zero-order valence-corrected chi connectivity index (χ0v) is 23.5. The van der Waals surface area contributed by atoms with Gasteiger partial charge in [-0.15, -0.1) is 0 Å². The van der Waals surface area contributed by atoms with E-state index in [1.54, 1.807) is 18.6 Å². The van der Waals surface area contributed by atoms with Crippen molar-refractivity contribution in [2.75, 3.05) is 22.7 Å². The third kappa shape index (κ3) is 7.30. The van der Waals surface area contributed by atoms with Crippen molar-refractivity contribution in [1.82, 2.24) is 20.3 Å². The van der Waals surface area contributed by atoms with Crippen molar-refractivity contribution in [3.05, 3.63) is 72.8 Å². The second-order valence-electron chi connectivity index (χ2n) is 10.5. The molecule has 4 aromatic rings. The van der Waals surface area contributed by atoms with Gasteiger partial charge in [-0.05, 0) is 63.1 Å². The molecule has 2 aromatic heterocycles. The van der Waals surface area contributed by atoms with Crippen LogP contribution in [0.4, 0.5) is 20.3 Å². The molecule has 3 N–H and O–H groups in total. The zero-order chi connectivity index (χ0) is 29.8. The summed E-state index contributed by atoms with van der Waals surface area (Å²) < 4.78 is 55.2. The number of hydrogen-bond acceptors (Lipinski definition) is 8. The van der Waals surface area contributed by atoms with Gasteiger partial charge in [0.2, 0.25) is 0 Å². The molecule has 13 heteroatoms. The molecule has 1 aliphatic rings. The molecular formula is C28H30F2N6O4S. The number of nitrogens with one attached hydrogen (secondary N) is 2. The quantitative estimate of drug-likeness (QED) is 0.281. The Labute approximate surface area is 236 Å². The molecule has 1 aliphatic heterocycles. The first-order chi connectivity index (χ1) is 19.4. The van der Waals surface area contributed by atoms with Gasteiger partial charge in [0.1, 0.15) is 28.7 Å². The van der Waals surface area contributed by atoms with Crippen LogP contribution in [0.15, 0.2) is 66.1 Å². The van der Waals surface area contributed by atoms with Crippen LogP contribution in [-0.2, 0) is 14.8 Å². The summed E-state index contributed by atoms with van der Waals surface area (Å²) in [5.41, 5.74) is 2.40. The summed E-state index contributed by atoms with van der Waals surface area (Å²) in [6.45, 7) is 7.90. The molecule has 1 atom stereocenters. The summed E-state index contributed by atoms with van der Waals surface area (Å²) in [5.74, 6) is -1.20. The molecule has 0 radical (unpaired) electrons. The van der Waals surface area contributed by atoms with Gasteiger partial charge in [-0.25, -0.2) is 27.2 Å². The predicted molar refractivity (Wildman–Crippen MR) is 152 cm³/mol. The number of benzene rings is 2. The molecule has 1 fully saturated rings. The third-order valence-electron chi connectivity index (χ3n) is 6.25. The van der Waals surface area contributed by atoms with E-state index in [1.165, 1.54) is 6.20 Å². The molecule has 216 valence electrons. The minimum Gasteiger partial charge on any atom is -0.483 e. The number of carboxylic acid groups (broad SMARTS) is 1. The topological polar surface area (TPSA) is 137 Å². The third-order valence-corrected chi connectivity index (χ3v) is 7.66. The number of rotatable bonds is 6. The molecule has 0 bridgehead atoms. The first-order valence-corrected chi connectivity index (χ1v) is 14.2. The lowest BCUT2D eigenvalue weighted by Crippen LogP contribution is -2.45. The largest absolute Gasteiger partial charge is 0.483 e. The number of nitrogens with zero attached hydrogens (tertiary/aromatic N) is 4. The molecule has 41 heavy (non-hydrogen) atoms. The highest BCUT2D eigenvalue weighted by molar-refractivity contribution is 7.92. The smallest absolute Gasteiger partial charge is 0.290 e. The molecule has 2 aromatic carbocycles. The number of carbonyl (C=O) groups is 1. The van der Waals surface area contributed by atoms with Crippen molar-refractivity contribution >= 4 is 38.9 Å². The van der Waals surface area contributed by atoms with Crippen LogP contribution in [0, 0.1) is 11.6 Å². The Bertz CT molecular complexity index is 1660. The molecule has 0 aliphatic carbocycles. The fraction of sp³-hybridized carbons (Fsp3) is 0.286. The van der Waals surface area contributed by atoms with E-state index in [0.717, 1.165) is 53.9 Å². The van der Waals surface area contributed by atoms with Crippen molar-refractivity contribution in [2.24, 2.45) is 0 Å². The fourth-order valence-electron chi connectivity index (χ4n) is 4.71. The van der Waals surface area contributed by atoms with Crippen LogP contribution in [0.1, 0.15) is 27.2 Å². The number of aromatic nitrogens is 3. The van der Waals surface area contributed by atoms with E-state index in [9.17, 15) is 17.2 Å². The summed E-state index contributed by atoms with van der Waals surface area (Å²) in [4.78, 5) is 23.1. The van der Waals surface area contributed by atoms with E-state index in [1.807, 2.05) is 18.2 Å². The number of anilines is 2. The average molecular weight is 585 g/mol. The normalized spacial score (nSPS) is 15.3. The molecular weight excluding hydrogens is 554 g/mol. The van der Waals surface area contributed by atoms with Crippen molar-refractivity contribution < 1.29 is 27.1 Å². The van der Waals surface area contributed by atoms with Crippen LogP contribution in [-0.4, -0.2) is 59.6 Å². The lowest BCUT2D eigenvalue weighted by Gasteiger charge is -2.26. The Morgan fingerprint density at radius 1 is 1.05 bits per heavy atom. The van der Waals surface area contributed by atoms with Crippen LogP contribution in [0.2, 0.25) is 0 Å². The Balaban J connectivity index is 0.00000124. The first kappa shape index (κ1) is 29.7. The lowest BCUT2D eigenvalue weighted by atomic mass is 10.0. The van der Waals surface area contributed by atoms with E-state index in [-0.39, 0.29) is 17.7 Å². The maximum Gasteiger partial charge on any atom is 0.290 e. The molecule has 10 nitrogen and oxygen atoms in total. The Kier molecular flexibility index (Phi) is 8.78. The van der Waals surface area contributed by atoms with Gasteiger partial charge in [0.25, 0.3) is 16.5 Å². The van der Waals surface area contributed by atoms with Crippen molar-refractivity contribution in [1.29, 1.82) is 0 Å². The molecule has 0 amide bonds. The van der Waals surface area contributed by atoms with E-state index in [0.29, 0.717) is 17.7 Å². The summed E-state index contributed by atoms with van der Waals surface area (Å²) >= 11 is 0. The average Bonchev–Trinajstić information content (AvgIpc) is 3.34. The van der Waals surface area contributed by atoms with E-state index < -0.39 is 26.6 Å². The maximum absolute atomic E-state index is 14.1. The fourth-order valence-corrected chi connectivity index (χ4v) is 5.81. The van der Waals surface area contributed by atoms with Gasteiger partial charge in [0.15, 0.2) is 0 Å². The van der Waals surface area contributed by atoms with Crippen LogP contribution in [0.25, 0.3) is 22.0 Å². The van der Waals surface area contributed by atoms with Crippen LogP contribution < -0.4 is 14.9 Å². The highest BCUT2D eigenvalue weighted by Gasteiger charge is 2.28. The Morgan fingerprint density at radius 2 is 1.80 bits per heavy atom. The molecule has 5 rings (SSSR count). The van der Waals surface area contributed by atoms with Gasteiger partial charge in [0.05, 0.1) is 17.4 Å². The van der Waals surface area contributed by atoms with Gasteiger partial charge >= 0.3 is 0 Å². The second kappa shape index (κ2) is 12.1. The molecule has 3 heterocycles. The number of hydrogen-bond donors (Lipinski definition) is 3. The second-order valence-corrected chi connectivity index (χ2v) is 12.2. The van der Waals surface area contributed by atoms with Crippen LogP contribution >= 0.6 is 0 Å². The zero-order valence-electron chi connectivity index (χ0n) is 22.7. The molecule has 0 saturated carbocycles. The monoisotopic (exact) mass is 584 g/mol. The minimum absolute atomic E-state index is 0.0174. The van der Waals surface area contributed by atoms with Crippen molar-refractivity contribution in [3.63, 3.8) is 0 Å².